The van der Waals surface area contributed by atoms with Crippen LogP contribution >= 0.6 is 0 Å². The maximum absolute atomic E-state index is 14.0. The summed E-state index contributed by atoms with van der Waals surface area (Å²) in [5.74, 6) is 1.00. The molecule has 0 radical (unpaired) electrons. The van der Waals surface area contributed by atoms with Crippen LogP contribution in [0.2, 0.25) is 0 Å². The van der Waals surface area contributed by atoms with Crippen LogP contribution in [-0.2, 0) is 11.4 Å². The molecule has 2 aliphatic rings. The van der Waals surface area contributed by atoms with Crippen molar-refractivity contribution in [2.24, 2.45) is 5.73 Å². The summed E-state index contributed by atoms with van der Waals surface area (Å²) < 4.78 is 12.5. The Bertz CT molecular complexity index is 1330. The van der Waals surface area contributed by atoms with Crippen molar-refractivity contribution in [3.05, 3.63) is 89.5 Å². The highest BCUT2D eigenvalue weighted by Crippen LogP contribution is 2.41. The van der Waals surface area contributed by atoms with Crippen molar-refractivity contribution in [2.75, 3.05) is 18.0 Å². The van der Waals surface area contributed by atoms with Crippen molar-refractivity contribution in [3.8, 4) is 11.5 Å². The lowest BCUT2D eigenvalue weighted by atomic mass is 9.97. The van der Waals surface area contributed by atoms with Crippen LogP contribution in [0.4, 0.5) is 5.69 Å². The maximum atomic E-state index is 14.0. The molecule has 0 bridgehead atoms. The summed E-state index contributed by atoms with van der Waals surface area (Å²) in [4.78, 5) is 18.6. The number of amidine groups is 1. The summed E-state index contributed by atoms with van der Waals surface area (Å²) in [5.41, 5.74) is 8.74. The third-order valence-corrected chi connectivity index (χ3v) is 8.41. The minimum Gasteiger partial charge on any atom is -0.488 e. The number of hydrogen-bond donors (Lipinski definition) is 2. The number of hydrogen-bond acceptors (Lipinski definition) is 5. The molecule has 0 aromatic heterocycles. The molecule has 2 heterocycles. The zero-order valence-corrected chi connectivity index (χ0v) is 24.2. The number of fused-ring (bicyclic) bond motifs is 1. The highest BCUT2D eigenvalue weighted by atomic mass is 16.5. The molecule has 1 fully saturated rings. The van der Waals surface area contributed by atoms with Gasteiger partial charge in [0.25, 0.3) is 5.91 Å². The molecule has 0 spiro atoms. The predicted molar refractivity (Wildman–Crippen MR) is 164 cm³/mol. The lowest BCUT2D eigenvalue weighted by Crippen LogP contribution is -2.44. The lowest BCUT2D eigenvalue weighted by Gasteiger charge is -2.39. The van der Waals surface area contributed by atoms with Gasteiger partial charge in [-0.25, -0.2) is 0 Å². The van der Waals surface area contributed by atoms with Gasteiger partial charge in [-0.3, -0.25) is 15.1 Å². The molecular weight excluding hydrogens is 512 g/mol. The summed E-state index contributed by atoms with van der Waals surface area (Å²) in [7, 11) is 0. The van der Waals surface area contributed by atoms with Crippen LogP contribution in [0.25, 0.3) is 0 Å². The lowest BCUT2D eigenvalue weighted by molar-refractivity contribution is -0.126. The predicted octanol–water partition coefficient (Wildman–Crippen LogP) is 6.45. The number of benzene rings is 3. The molecule has 1 amide bonds. The van der Waals surface area contributed by atoms with Gasteiger partial charge in [0.05, 0.1) is 5.69 Å². The van der Waals surface area contributed by atoms with Crippen molar-refractivity contribution in [2.45, 2.75) is 77.2 Å². The molecule has 0 saturated carbocycles. The van der Waals surface area contributed by atoms with Crippen LogP contribution < -0.4 is 20.1 Å². The highest BCUT2D eigenvalue weighted by Gasteiger charge is 2.37. The van der Waals surface area contributed by atoms with Gasteiger partial charge in [0.2, 0.25) is 6.10 Å². The molecule has 0 unspecified atom stereocenters. The van der Waals surface area contributed by atoms with Gasteiger partial charge in [-0.05, 0) is 82.0 Å². The van der Waals surface area contributed by atoms with Gasteiger partial charge < -0.3 is 20.1 Å². The third-order valence-electron chi connectivity index (χ3n) is 8.41. The Morgan fingerprint density at radius 2 is 1.66 bits per heavy atom. The Morgan fingerprint density at radius 1 is 0.951 bits per heavy atom. The number of carbonyl (C=O) groups excluding carboxylic acids is 1. The molecule has 3 atom stereocenters. The van der Waals surface area contributed by atoms with E-state index in [1.165, 1.54) is 19.3 Å². The fourth-order valence-electron chi connectivity index (χ4n) is 6.09. The maximum Gasteiger partial charge on any atom is 0.273 e. The molecule has 1 saturated heterocycles. The third kappa shape index (κ3) is 6.73. The van der Waals surface area contributed by atoms with E-state index in [9.17, 15) is 4.79 Å². The number of carbonyl (C=O) groups is 1. The number of rotatable bonds is 11. The average molecular weight is 555 g/mol. The van der Waals surface area contributed by atoms with Crippen molar-refractivity contribution in [1.82, 2.24) is 4.90 Å². The van der Waals surface area contributed by atoms with Gasteiger partial charge >= 0.3 is 0 Å². The van der Waals surface area contributed by atoms with Crippen molar-refractivity contribution in [3.63, 3.8) is 0 Å². The monoisotopic (exact) mass is 554 g/mol. The van der Waals surface area contributed by atoms with Crippen LogP contribution in [0.1, 0.15) is 75.2 Å². The smallest absolute Gasteiger partial charge is 0.273 e. The van der Waals surface area contributed by atoms with Crippen LogP contribution in [0.3, 0.4) is 0 Å². The largest absolute Gasteiger partial charge is 0.488 e. The quantitative estimate of drug-likeness (QED) is 0.161. The Labute approximate surface area is 243 Å². The second-order valence-corrected chi connectivity index (χ2v) is 11.3. The number of unbranched alkanes of at least 4 members (excludes halogenated alkanes) is 2. The number of nitrogen functional groups attached to an aromatic ring is 1. The van der Waals surface area contributed by atoms with Gasteiger partial charge in [-0.15, -0.1) is 0 Å². The minimum atomic E-state index is -0.898. The van der Waals surface area contributed by atoms with E-state index < -0.39 is 6.10 Å². The summed E-state index contributed by atoms with van der Waals surface area (Å²) >= 11 is 0. The number of nitrogens with one attached hydrogen (secondary N) is 1. The fourth-order valence-corrected chi connectivity index (χ4v) is 6.09. The van der Waals surface area contributed by atoms with E-state index in [1.807, 2.05) is 59.5 Å². The van der Waals surface area contributed by atoms with E-state index in [2.05, 4.69) is 18.7 Å². The number of nitrogens with two attached hydrogens (primary N) is 1. The SMILES string of the molecule is C[C@@H]1CCC[C@H](C)N1CCCCCN1C(=O)[C@H](c2cc(C(=N)N)ccc2OCc2ccccc2)Oc2ccccc21. The van der Waals surface area contributed by atoms with E-state index in [4.69, 9.17) is 20.6 Å². The zero-order chi connectivity index (χ0) is 28.8. The van der Waals surface area contributed by atoms with E-state index >= 15 is 0 Å². The highest BCUT2D eigenvalue weighted by molar-refractivity contribution is 6.01. The van der Waals surface area contributed by atoms with E-state index in [0.29, 0.717) is 47.9 Å². The molecule has 0 aliphatic carbocycles. The van der Waals surface area contributed by atoms with Crippen LogP contribution in [-0.4, -0.2) is 41.8 Å². The van der Waals surface area contributed by atoms with Gasteiger partial charge in [0, 0.05) is 29.8 Å². The molecule has 3 N–H and O–H groups in total. The molecule has 41 heavy (non-hydrogen) atoms. The standard InChI is InChI=1S/C34H42N4O3/c1-24-12-11-13-25(2)37(24)20-9-4-10-21-38-29-16-7-8-17-31(29)41-32(34(38)39)28-22-27(33(35)36)18-19-30(28)40-23-26-14-5-3-6-15-26/h3,5-8,14-19,22,24-25,32H,4,9-13,20-21,23H2,1-2H3,(H3,35,36)/t24-,25+,32-/m0/s1. The summed E-state index contributed by atoms with van der Waals surface area (Å²) in [6.45, 7) is 6.77. The molecule has 5 rings (SSSR count). The number of amides is 1. The number of likely N-dealkylation sites (tertiary alicyclic amines) is 1. The van der Waals surface area contributed by atoms with Gasteiger partial charge in [-0.2, -0.15) is 0 Å². The first-order valence-electron chi connectivity index (χ1n) is 14.9. The van der Waals surface area contributed by atoms with Crippen LogP contribution in [0, 0.1) is 5.41 Å². The van der Waals surface area contributed by atoms with Crippen molar-refractivity contribution in [1.29, 1.82) is 5.41 Å². The number of anilines is 1. The first-order valence-corrected chi connectivity index (χ1v) is 14.9. The molecule has 2 aliphatic heterocycles. The Kier molecular flexibility index (Phi) is 9.24. The Morgan fingerprint density at radius 3 is 2.41 bits per heavy atom. The molecule has 216 valence electrons. The molecule has 7 nitrogen and oxygen atoms in total. The van der Waals surface area contributed by atoms with Crippen LogP contribution in [0.15, 0.2) is 72.8 Å². The normalized spacial score (nSPS) is 20.8. The van der Waals surface area contributed by atoms with Crippen LogP contribution in [0.5, 0.6) is 11.5 Å². The van der Waals surface area contributed by atoms with Gasteiger partial charge in [-0.1, -0.05) is 55.3 Å². The number of para-hydroxylation sites is 2. The molecule has 3 aromatic rings. The van der Waals surface area contributed by atoms with E-state index in [1.54, 1.807) is 18.2 Å². The molecule has 7 heteroatoms. The van der Waals surface area contributed by atoms with E-state index in [-0.39, 0.29) is 11.7 Å². The first-order chi connectivity index (χ1) is 19.9. The zero-order valence-electron chi connectivity index (χ0n) is 24.2. The summed E-state index contributed by atoms with van der Waals surface area (Å²) in [6, 6.07) is 24.2. The van der Waals surface area contributed by atoms with Crippen molar-refractivity contribution < 1.29 is 14.3 Å². The Balaban J connectivity index is 1.32. The summed E-state index contributed by atoms with van der Waals surface area (Å²) in [6.07, 6.45) is 6.08. The Hall–Kier alpha value is -3.84. The second kappa shape index (κ2) is 13.2. The number of nitrogens with zero attached hydrogens (tertiary/aromatic N) is 2. The van der Waals surface area contributed by atoms with E-state index in [0.717, 1.165) is 37.1 Å². The summed E-state index contributed by atoms with van der Waals surface area (Å²) in [5, 5.41) is 7.99. The van der Waals surface area contributed by atoms with Crippen molar-refractivity contribution >= 4 is 17.4 Å². The van der Waals surface area contributed by atoms with Gasteiger partial charge in [0.15, 0.2) is 0 Å². The molecular formula is C34H42N4O3. The molecule has 3 aromatic carbocycles. The second-order valence-electron chi connectivity index (χ2n) is 11.3. The first kappa shape index (κ1) is 28.7. The fraction of sp³-hybridized carbons (Fsp3) is 0.412. The number of piperidine rings is 1. The number of ether oxygens (including phenoxy) is 2. The minimum absolute atomic E-state index is 0.0706. The average Bonchev–Trinajstić information content (AvgIpc) is 2.98. The van der Waals surface area contributed by atoms with Gasteiger partial charge in [0.1, 0.15) is 23.9 Å². The topological polar surface area (TPSA) is 91.9 Å².